The molecule has 3 heteroatoms. The number of hydrogen-bond donors (Lipinski definition) is 1. The van der Waals surface area contributed by atoms with Crippen LogP contribution < -0.4 is 5.32 Å². The van der Waals surface area contributed by atoms with E-state index in [1.54, 1.807) is 12.1 Å². The van der Waals surface area contributed by atoms with Crippen molar-refractivity contribution in [3.05, 3.63) is 28.5 Å². The van der Waals surface area contributed by atoms with Gasteiger partial charge in [0.25, 0.3) is 0 Å². The molecule has 1 saturated carbocycles. The molecule has 1 fully saturated rings. The fraction of sp³-hybridized carbons (Fsp3) is 0.538. The molecule has 2 rings (SSSR count). The van der Waals surface area contributed by atoms with Gasteiger partial charge >= 0.3 is 0 Å². The van der Waals surface area contributed by atoms with E-state index in [0.717, 1.165) is 4.47 Å². The third-order valence-electron chi connectivity index (χ3n) is 3.42. The lowest BCUT2D eigenvalue weighted by atomic mass is 9.99. The van der Waals surface area contributed by atoms with Crippen LogP contribution in [0.4, 0.5) is 10.1 Å². The van der Waals surface area contributed by atoms with Crippen molar-refractivity contribution >= 4 is 21.6 Å². The zero-order chi connectivity index (χ0) is 11.5. The molecule has 1 atom stereocenters. The van der Waals surface area contributed by atoms with Crippen molar-refractivity contribution in [3.63, 3.8) is 0 Å². The van der Waals surface area contributed by atoms with E-state index in [0.29, 0.717) is 17.6 Å². The van der Waals surface area contributed by atoms with Crippen LogP contribution in [-0.4, -0.2) is 6.04 Å². The van der Waals surface area contributed by atoms with Crippen molar-refractivity contribution in [1.82, 2.24) is 0 Å². The molecule has 1 nitrogen and oxygen atoms in total. The number of benzene rings is 1. The first-order chi connectivity index (χ1) is 7.66. The highest BCUT2D eigenvalue weighted by Crippen LogP contribution is 2.30. The molecule has 0 saturated heterocycles. The van der Waals surface area contributed by atoms with Gasteiger partial charge in [-0.25, -0.2) is 4.39 Å². The molecule has 1 aliphatic carbocycles. The molecule has 0 radical (unpaired) electrons. The first kappa shape index (κ1) is 11.9. The quantitative estimate of drug-likeness (QED) is 0.857. The second kappa shape index (κ2) is 5.17. The van der Waals surface area contributed by atoms with Crippen molar-refractivity contribution in [2.75, 3.05) is 5.32 Å². The summed E-state index contributed by atoms with van der Waals surface area (Å²) in [6, 6.07) is 5.38. The zero-order valence-corrected chi connectivity index (χ0v) is 11.1. The minimum atomic E-state index is -0.173. The van der Waals surface area contributed by atoms with Crippen LogP contribution in [0.3, 0.4) is 0 Å². The van der Waals surface area contributed by atoms with Gasteiger partial charge in [0.1, 0.15) is 5.82 Å². The highest BCUT2D eigenvalue weighted by atomic mass is 79.9. The summed E-state index contributed by atoms with van der Waals surface area (Å²) in [5.41, 5.74) is 0.605. The van der Waals surface area contributed by atoms with Crippen molar-refractivity contribution in [2.24, 2.45) is 5.92 Å². The van der Waals surface area contributed by atoms with Crippen molar-refractivity contribution < 1.29 is 4.39 Å². The van der Waals surface area contributed by atoms with Gasteiger partial charge in [-0.2, -0.15) is 0 Å². The van der Waals surface area contributed by atoms with E-state index in [1.165, 1.54) is 31.7 Å². The van der Waals surface area contributed by atoms with Crippen LogP contribution in [0.25, 0.3) is 0 Å². The van der Waals surface area contributed by atoms with Gasteiger partial charge in [-0.1, -0.05) is 28.8 Å². The Morgan fingerprint density at radius 3 is 2.75 bits per heavy atom. The lowest BCUT2D eigenvalue weighted by Crippen LogP contribution is -2.24. The average molecular weight is 286 g/mol. The van der Waals surface area contributed by atoms with E-state index < -0.39 is 0 Å². The maximum absolute atomic E-state index is 13.5. The van der Waals surface area contributed by atoms with E-state index in [9.17, 15) is 4.39 Å². The number of hydrogen-bond acceptors (Lipinski definition) is 1. The Bertz CT molecular complexity index is 361. The van der Waals surface area contributed by atoms with Gasteiger partial charge in [0.2, 0.25) is 0 Å². The summed E-state index contributed by atoms with van der Waals surface area (Å²) in [5, 5.41) is 3.29. The van der Waals surface area contributed by atoms with Gasteiger partial charge < -0.3 is 5.32 Å². The van der Waals surface area contributed by atoms with Crippen LogP contribution in [0.1, 0.15) is 32.6 Å². The lowest BCUT2D eigenvalue weighted by Gasteiger charge is -2.22. The summed E-state index contributed by atoms with van der Waals surface area (Å²) < 4.78 is 14.4. The zero-order valence-electron chi connectivity index (χ0n) is 9.47. The standard InChI is InChI=1S/C13H17BrFN/c1-9(10-4-2-3-5-10)16-13-8-11(14)6-7-12(13)15/h6-10,16H,2-5H2,1H3. The molecule has 16 heavy (non-hydrogen) atoms. The highest BCUT2D eigenvalue weighted by Gasteiger charge is 2.21. The van der Waals surface area contributed by atoms with Crippen molar-refractivity contribution in [1.29, 1.82) is 0 Å². The smallest absolute Gasteiger partial charge is 0.146 e. The van der Waals surface area contributed by atoms with Crippen LogP contribution >= 0.6 is 15.9 Å². The Kier molecular flexibility index (Phi) is 3.85. The Labute approximate surface area is 105 Å². The van der Waals surface area contributed by atoms with Crippen LogP contribution in [0.2, 0.25) is 0 Å². The molecule has 0 heterocycles. The molecule has 88 valence electrons. The maximum Gasteiger partial charge on any atom is 0.146 e. The fourth-order valence-corrected chi connectivity index (χ4v) is 2.79. The summed E-state index contributed by atoms with van der Waals surface area (Å²) in [4.78, 5) is 0. The molecular weight excluding hydrogens is 269 g/mol. The normalized spacial score (nSPS) is 18.7. The van der Waals surface area contributed by atoms with E-state index >= 15 is 0 Å². The van der Waals surface area contributed by atoms with Gasteiger partial charge in [0.05, 0.1) is 5.69 Å². The van der Waals surface area contributed by atoms with Gasteiger partial charge in [-0.3, -0.25) is 0 Å². The Hall–Kier alpha value is -0.570. The molecule has 0 spiro atoms. The van der Waals surface area contributed by atoms with Crippen molar-refractivity contribution in [2.45, 2.75) is 38.6 Å². The third-order valence-corrected chi connectivity index (χ3v) is 3.91. The SMILES string of the molecule is CC(Nc1cc(Br)ccc1F)C1CCCC1. The summed E-state index contributed by atoms with van der Waals surface area (Å²) in [6.07, 6.45) is 5.17. The Morgan fingerprint density at radius 1 is 1.38 bits per heavy atom. The second-order valence-corrected chi connectivity index (χ2v) is 5.52. The second-order valence-electron chi connectivity index (χ2n) is 4.60. The third kappa shape index (κ3) is 2.76. The summed E-state index contributed by atoms with van der Waals surface area (Å²) >= 11 is 3.36. The molecule has 1 aromatic carbocycles. The molecule has 1 aliphatic rings. The van der Waals surface area contributed by atoms with Crippen LogP contribution in [0.15, 0.2) is 22.7 Å². The molecule has 1 aromatic rings. The molecule has 0 aliphatic heterocycles. The number of anilines is 1. The van der Waals surface area contributed by atoms with Gasteiger partial charge in [-0.05, 0) is 43.9 Å². The molecule has 0 amide bonds. The topological polar surface area (TPSA) is 12.0 Å². The molecule has 1 unspecified atom stereocenters. The van der Waals surface area contributed by atoms with E-state index in [2.05, 4.69) is 28.2 Å². The van der Waals surface area contributed by atoms with Crippen LogP contribution in [-0.2, 0) is 0 Å². The Morgan fingerprint density at radius 2 is 2.06 bits per heavy atom. The first-order valence-corrected chi connectivity index (χ1v) is 6.67. The van der Waals surface area contributed by atoms with E-state index in [4.69, 9.17) is 0 Å². The molecular formula is C13H17BrFN. The summed E-state index contributed by atoms with van der Waals surface area (Å²) in [6.45, 7) is 2.15. The van der Waals surface area contributed by atoms with E-state index in [1.807, 2.05) is 0 Å². The van der Waals surface area contributed by atoms with Crippen LogP contribution in [0, 0.1) is 11.7 Å². The number of rotatable bonds is 3. The van der Waals surface area contributed by atoms with Crippen molar-refractivity contribution in [3.8, 4) is 0 Å². The minimum absolute atomic E-state index is 0.173. The predicted molar refractivity (Wildman–Crippen MR) is 69.1 cm³/mol. The highest BCUT2D eigenvalue weighted by molar-refractivity contribution is 9.10. The molecule has 0 bridgehead atoms. The number of nitrogens with one attached hydrogen (secondary N) is 1. The monoisotopic (exact) mass is 285 g/mol. The predicted octanol–water partition coefficient (Wildman–Crippen LogP) is 4.58. The number of halogens is 2. The maximum atomic E-state index is 13.5. The summed E-state index contributed by atoms with van der Waals surface area (Å²) in [5.74, 6) is 0.520. The molecule has 0 aromatic heterocycles. The minimum Gasteiger partial charge on any atom is -0.380 e. The van der Waals surface area contributed by atoms with Gasteiger partial charge in [-0.15, -0.1) is 0 Å². The van der Waals surface area contributed by atoms with E-state index in [-0.39, 0.29) is 5.82 Å². The summed E-state index contributed by atoms with van der Waals surface area (Å²) in [7, 11) is 0. The largest absolute Gasteiger partial charge is 0.380 e. The Balaban J connectivity index is 2.04. The lowest BCUT2D eigenvalue weighted by molar-refractivity contribution is 0.479. The average Bonchev–Trinajstić information content (AvgIpc) is 2.76. The van der Waals surface area contributed by atoms with Gasteiger partial charge in [0.15, 0.2) is 0 Å². The fourth-order valence-electron chi connectivity index (χ4n) is 2.43. The van der Waals surface area contributed by atoms with Crippen LogP contribution in [0.5, 0.6) is 0 Å². The molecule has 1 N–H and O–H groups in total. The first-order valence-electron chi connectivity index (χ1n) is 5.88. The van der Waals surface area contributed by atoms with Gasteiger partial charge in [0, 0.05) is 10.5 Å².